The Bertz CT molecular complexity index is 388. The van der Waals surface area contributed by atoms with Crippen LogP contribution in [0.15, 0.2) is 24.3 Å². The summed E-state index contributed by atoms with van der Waals surface area (Å²) in [6.07, 6.45) is 2.12. The molecule has 0 radical (unpaired) electrons. The van der Waals surface area contributed by atoms with Crippen molar-refractivity contribution in [2.75, 3.05) is 13.7 Å². The van der Waals surface area contributed by atoms with Crippen LogP contribution in [0.2, 0.25) is 0 Å². The molecule has 4 unspecified atom stereocenters. The molecule has 1 aromatic carbocycles. The smallest absolute Gasteiger partial charge is 0.0810 e. The van der Waals surface area contributed by atoms with Crippen molar-refractivity contribution >= 4 is 0 Å². The molecule has 86 valence electrons. The minimum Gasteiger partial charge on any atom is -0.390 e. The first-order chi connectivity index (χ1) is 7.83. The summed E-state index contributed by atoms with van der Waals surface area (Å²) in [6.45, 7) is 0.472. The van der Waals surface area contributed by atoms with Gasteiger partial charge in [0.2, 0.25) is 0 Å². The molecule has 0 bridgehead atoms. The highest BCUT2D eigenvalue weighted by atomic mass is 16.5. The van der Waals surface area contributed by atoms with Crippen molar-refractivity contribution in [1.29, 1.82) is 0 Å². The van der Waals surface area contributed by atoms with E-state index in [0.717, 1.165) is 0 Å². The first-order valence-electron chi connectivity index (χ1n) is 6.07. The Balaban J connectivity index is 1.82. The van der Waals surface area contributed by atoms with Gasteiger partial charge in [-0.05, 0) is 41.7 Å². The molecule has 0 amide bonds. The Kier molecular flexibility index (Phi) is 2.49. The molecule has 4 atom stereocenters. The van der Waals surface area contributed by atoms with Gasteiger partial charge < -0.3 is 9.84 Å². The maximum Gasteiger partial charge on any atom is 0.0810 e. The highest BCUT2D eigenvalue weighted by molar-refractivity contribution is 5.39. The van der Waals surface area contributed by atoms with Crippen molar-refractivity contribution in [3.05, 3.63) is 35.4 Å². The van der Waals surface area contributed by atoms with E-state index in [1.54, 1.807) is 7.11 Å². The Morgan fingerprint density at radius 1 is 1.44 bits per heavy atom. The van der Waals surface area contributed by atoms with E-state index in [2.05, 4.69) is 24.3 Å². The quantitative estimate of drug-likeness (QED) is 0.840. The van der Waals surface area contributed by atoms with E-state index >= 15 is 0 Å². The Hall–Kier alpha value is -0.860. The lowest BCUT2D eigenvalue weighted by Crippen LogP contribution is -2.17. The van der Waals surface area contributed by atoms with E-state index in [-0.39, 0.29) is 6.10 Å². The van der Waals surface area contributed by atoms with Crippen molar-refractivity contribution in [1.82, 2.24) is 0 Å². The average Bonchev–Trinajstić information content (AvgIpc) is 3.04. The van der Waals surface area contributed by atoms with E-state index < -0.39 is 0 Å². The topological polar surface area (TPSA) is 29.5 Å². The first-order valence-corrected chi connectivity index (χ1v) is 6.07. The van der Waals surface area contributed by atoms with Gasteiger partial charge in [-0.25, -0.2) is 0 Å². The van der Waals surface area contributed by atoms with Crippen LogP contribution in [0, 0.1) is 11.8 Å². The number of aryl methyl sites for hydroxylation is 1. The fourth-order valence-corrected chi connectivity index (χ4v) is 3.43. The molecule has 2 aliphatic carbocycles. The molecule has 0 heterocycles. The van der Waals surface area contributed by atoms with Crippen molar-refractivity contribution in [2.24, 2.45) is 11.8 Å². The van der Waals surface area contributed by atoms with E-state index in [0.29, 0.717) is 24.4 Å². The third-order valence-electron chi connectivity index (χ3n) is 4.17. The van der Waals surface area contributed by atoms with Gasteiger partial charge in [0.25, 0.3) is 0 Å². The largest absolute Gasteiger partial charge is 0.390 e. The van der Waals surface area contributed by atoms with Gasteiger partial charge in [-0.3, -0.25) is 0 Å². The zero-order valence-electron chi connectivity index (χ0n) is 9.60. The highest BCUT2D eigenvalue weighted by Crippen LogP contribution is 2.61. The maximum absolute atomic E-state index is 10.0. The lowest BCUT2D eigenvalue weighted by Gasteiger charge is -2.13. The third kappa shape index (κ3) is 1.48. The molecule has 2 heteroatoms. The summed E-state index contributed by atoms with van der Waals surface area (Å²) in [4.78, 5) is 0. The Labute approximate surface area is 96.2 Å². The van der Waals surface area contributed by atoms with Crippen molar-refractivity contribution in [3.63, 3.8) is 0 Å². The normalized spacial score (nSPS) is 32.8. The molecule has 1 N–H and O–H groups in total. The fraction of sp³-hybridized carbons (Fsp3) is 0.571. The van der Waals surface area contributed by atoms with Crippen LogP contribution in [-0.2, 0) is 11.2 Å². The maximum atomic E-state index is 10.0. The monoisotopic (exact) mass is 218 g/mol. The molecule has 0 saturated heterocycles. The third-order valence-corrected chi connectivity index (χ3v) is 4.17. The van der Waals surface area contributed by atoms with Crippen LogP contribution < -0.4 is 0 Å². The number of fused-ring (bicyclic) bond motifs is 3. The van der Waals surface area contributed by atoms with Crippen molar-refractivity contribution in [2.45, 2.75) is 24.9 Å². The van der Waals surface area contributed by atoms with Gasteiger partial charge in [-0.1, -0.05) is 24.3 Å². The number of aliphatic hydroxyl groups is 1. The molecule has 16 heavy (non-hydrogen) atoms. The Morgan fingerprint density at radius 2 is 2.25 bits per heavy atom. The minimum atomic E-state index is -0.286. The number of rotatable bonds is 3. The van der Waals surface area contributed by atoms with Crippen LogP contribution in [0.1, 0.15) is 23.5 Å². The fourth-order valence-electron chi connectivity index (χ4n) is 3.43. The van der Waals surface area contributed by atoms with Gasteiger partial charge in [0.1, 0.15) is 0 Å². The van der Waals surface area contributed by atoms with Crippen molar-refractivity contribution in [3.8, 4) is 0 Å². The van der Waals surface area contributed by atoms with Gasteiger partial charge in [0, 0.05) is 7.11 Å². The van der Waals surface area contributed by atoms with Crippen LogP contribution >= 0.6 is 0 Å². The van der Waals surface area contributed by atoms with Crippen molar-refractivity contribution < 1.29 is 9.84 Å². The number of ether oxygens (including phenoxy) is 1. The summed E-state index contributed by atoms with van der Waals surface area (Å²) in [6, 6.07) is 8.68. The summed E-state index contributed by atoms with van der Waals surface area (Å²) >= 11 is 0. The van der Waals surface area contributed by atoms with Gasteiger partial charge in [-0.15, -0.1) is 0 Å². The van der Waals surface area contributed by atoms with E-state index in [4.69, 9.17) is 4.74 Å². The second-order valence-electron chi connectivity index (χ2n) is 5.03. The average molecular weight is 218 g/mol. The first kappa shape index (κ1) is 10.3. The standard InChI is InChI=1S/C14H18O2/c1-16-8-12(15)14-11-7-6-9-4-2-3-5-10(9)13(11)14/h2-5,11-15H,6-8H2,1H3. The van der Waals surface area contributed by atoms with Gasteiger partial charge in [0.15, 0.2) is 0 Å². The number of methoxy groups -OCH3 is 1. The van der Waals surface area contributed by atoms with Gasteiger partial charge in [0.05, 0.1) is 12.7 Å². The molecule has 2 nitrogen and oxygen atoms in total. The molecule has 1 aromatic rings. The molecule has 1 fully saturated rings. The molecule has 1 saturated carbocycles. The predicted molar refractivity (Wildman–Crippen MR) is 62.4 cm³/mol. The lowest BCUT2D eigenvalue weighted by atomic mass is 9.92. The number of hydrogen-bond donors (Lipinski definition) is 1. The summed E-state index contributed by atoms with van der Waals surface area (Å²) in [5, 5.41) is 10.0. The van der Waals surface area contributed by atoms with E-state index in [1.807, 2.05) is 0 Å². The molecule has 0 aliphatic heterocycles. The summed E-state index contributed by atoms with van der Waals surface area (Å²) in [5.41, 5.74) is 2.95. The van der Waals surface area contributed by atoms with E-state index in [9.17, 15) is 5.11 Å². The van der Waals surface area contributed by atoms with Crippen LogP contribution in [0.5, 0.6) is 0 Å². The lowest BCUT2D eigenvalue weighted by molar-refractivity contribution is 0.0461. The SMILES string of the molecule is COCC(O)C1C2CCc3ccccc3C21. The summed E-state index contributed by atoms with van der Waals surface area (Å²) < 4.78 is 5.05. The Morgan fingerprint density at radius 3 is 3.06 bits per heavy atom. The molecule has 2 aliphatic rings. The molecular formula is C14H18O2. The highest BCUT2D eigenvalue weighted by Gasteiger charge is 2.55. The van der Waals surface area contributed by atoms with Gasteiger partial charge >= 0.3 is 0 Å². The van der Waals surface area contributed by atoms with Crippen LogP contribution in [-0.4, -0.2) is 24.9 Å². The number of benzene rings is 1. The predicted octanol–water partition coefficient (Wildman–Crippen LogP) is 1.97. The second-order valence-corrected chi connectivity index (χ2v) is 5.03. The minimum absolute atomic E-state index is 0.286. The van der Waals surface area contributed by atoms with Gasteiger partial charge in [-0.2, -0.15) is 0 Å². The number of aliphatic hydroxyl groups excluding tert-OH is 1. The number of hydrogen-bond acceptors (Lipinski definition) is 2. The van der Waals surface area contributed by atoms with E-state index in [1.165, 1.54) is 24.0 Å². The zero-order chi connectivity index (χ0) is 11.1. The molecule has 0 spiro atoms. The molecule has 3 rings (SSSR count). The van der Waals surface area contributed by atoms with Crippen LogP contribution in [0.3, 0.4) is 0 Å². The summed E-state index contributed by atoms with van der Waals surface area (Å²) in [7, 11) is 1.66. The molecular weight excluding hydrogens is 200 g/mol. The summed E-state index contributed by atoms with van der Waals surface area (Å²) in [5.74, 6) is 1.72. The van der Waals surface area contributed by atoms with Crippen LogP contribution in [0.4, 0.5) is 0 Å². The molecule has 0 aromatic heterocycles. The second kappa shape index (κ2) is 3.86. The van der Waals surface area contributed by atoms with Crippen LogP contribution in [0.25, 0.3) is 0 Å². The zero-order valence-corrected chi connectivity index (χ0v) is 9.60.